The van der Waals surface area contributed by atoms with Gasteiger partial charge in [-0.05, 0) is 56.7 Å². The number of carbonyl (C=O) groups excluding carboxylic acids is 4. The van der Waals surface area contributed by atoms with E-state index >= 15 is 0 Å². The van der Waals surface area contributed by atoms with Gasteiger partial charge in [-0.2, -0.15) is 0 Å². The van der Waals surface area contributed by atoms with Gasteiger partial charge in [0.15, 0.2) is 0 Å². The lowest BCUT2D eigenvalue weighted by molar-refractivity contribution is -0.139. The third-order valence-corrected chi connectivity index (χ3v) is 4.61. The number of hydrogen-bond donors (Lipinski definition) is 1. The lowest BCUT2D eigenvalue weighted by Crippen LogP contribution is -2.45. The van der Waals surface area contributed by atoms with Crippen LogP contribution in [0.2, 0.25) is 0 Å². The summed E-state index contributed by atoms with van der Waals surface area (Å²) in [6.45, 7) is 5.35. The van der Waals surface area contributed by atoms with Crippen molar-refractivity contribution in [1.82, 2.24) is 4.90 Å². The Bertz CT molecular complexity index is 1000. The van der Waals surface area contributed by atoms with Crippen molar-refractivity contribution in [1.29, 1.82) is 0 Å². The molecule has 0 saturated heterocycles. The van der Waals surface area contributed by atoms with Gasteiger partial charge in [0.1, 0.15) is 0 Å². The molecular formula is C22H22N2O5. The highest BCUT2D eigenvalue weighted by Gasteiger charge is 2.42. The van der Waals surface area contributed by atoms with Gasteiger partial charge in [-0.25, -0.2) is 0 Å². The summed E-state index contributed by atoms with van der Waals surface area (Å²) in [5, 5.41) is 2.75. The minimum absolute atomic E-state index is 0.149. The van der Waals surface area contributed by atoms with Crippen LogP contribution in [-0.4, -0.2) is 41.2 Å². The lowest BCUT2D eigenvalue weighted by Gasteiger charge is -2.29. The van der Waals surface area contributed by atoms with Crippen molar-refractivity contribution in [3.8, 4) is 0 Å². The number of nitrogens with one attached hydrogen (secondary N) is 1. The van der Waals surface area contributed by atoms with Gasteiger partial charge in [0.2, 0.25) is 0 Å². The predicted octanol–water partition coefficient (Wildman–Crippen LogP) is 3.05. The standard InChI is InChI=1S/C22H22N2O5/c1-22(2,3)24-20(27)16-10-7-14(12-17(16)21(24)28)19(26)23-15-8-5-13(6-9-15)11-18(25)29-4/h5-10,12H,11H2,1-4H3,(H,23,26). The van der Waals surface area contributed by atoms with E-state index in [9.17, 15) is 19.2 Å². The normalized spacial score (nSPS) is 13.3. The number of carbonyl (C=O) groups is 4. The Morgan fingerprint density at radius 3 is 2.17 bits per heavy atom. The number of nitrogens with zero attached hydrogens (tertiary/aromatic N) is 1. The topological polar surface area (TPSA) is 92.8 Å². The molecule has 2 aromatic carbocycles. The summed E-state index contributed by atoms with van der Waals surface area (Å²) in [6, 6.07) is 11.3. The van der Waals surface area contributed by atoms with Crippen molar-refractivity contribution in [2.24, 2.45) is 0 Å². The van der Waals surface area contributed by atoms with Gasteiger partial charge >= 0.3 is 5.97 Å². The van der Waals surface area contributed by atoms with Crippen molar-refractivity contribution in [2.45, 2.75) is 32.7 Å². The second kappa shape index (κ2) is 7.50. The summed E-state index contributed by atoms with van der Waals surface area (Å²) in [5.41, 5.74) is 1.46. The summed E-state index contributed by atoms with van der Waals surface area (Å²) in [7, 11) is 1.33. The van der Waals surface area contributed by atoms with Crippen LogP contribution in [0.3, 0.4) is 0 Å². The number of ether oxygens (including phenoxy) is 1. The maximum Gasteiger partial charge on any atom is 0.309 e. The van der Waals surface area contributed by atoms with Crippen LogP contribution < -0.4 is 5.32 Å². The number of benzene rings is 2. The van der Waals surface area contributed by atoms with Gasteiger partial charge in [0.05, 0.1) is 24.7 Å². The smallest absolute Gasteiger partial charge is 0.309 e. The zero-order chi connectivity index (χ0) is 21.3. The summed E-state index contributed by atoms with van der Waals surface area (Å²) >= 11 is 0. The van der Waals surface area contributed by atoms with Crippen LogP contribution in [0.25, 0.3) is 0 Å². The Morgan fingerprint density at radius 2 is 1.59 bits per heavy atom. The van der Waals surface area contributed by atoms with Crippen LogP contribution in [0.5, 0.6) is 0 Å². The molecule has 0 aromatic heterocycles. The quantitative estimate of drug-likeness (QED) is 0.636. The molecule has 0 atom stereocenters. The third kappa shape index (κ3) is 4.03. The van der Waals surface area contributed by atoms with Crippen molar-refractivity contribution >= 4 is 29.4 Å². The molecule has 29 heavy (non-hydrogen) atoms. The number of amides is 3. The largest absolute Gasteiger partial charge is 0.469 e. The molecule has 3 amide bonds. The highest BCUT2D eigenvalue weighted by Crippen LogP contribution is 2.30. The van der Waals surface area contributed by atoms with Crippen LogP contribution in [0, 0.1) is 0 Å². The number of imide groups is 1. The van der Waals surface area contributed by atoms with E-state index in [0.29, 0.717) is 11.3 Å². The van der Waals surface area contributed by atoms with Gasteiger partial charge in [-0.15, -0.1) is 0 Å². The van der Waals surface area contributed by atoms with E-state index in [1.165, 1.54) is 30.2 Å². The Balaban J connectivity index is 1.77. The van der Waals surface area contributed by atoms with E-state index in [-0.39, 0.29) is 29.4 Å². The lowest BCUT2D eigenvalue weighted by atomic mass is 10.1. The van der Waals surface area contributed by atoms with Crippen molar-refractivity contribution in [3.63, 3.8) is 0 Å². The number of esters is 1. The van der Waals surface area contributed by atoms with E-state index in [1.807, 2.05) is 0 Å². The average molecular weight is 394 g/mol. The Hall–Kier alpha value is -3.48. The zero-order valence-electron chi connectivity index (χ0n) is 16.7. The molecule has 1 aliphatic rings. The molecular weight excluding hydrogens is 372 g/mol. The first-order valence-corrected chi connectivity index (χ1v) is 9.12. The number of rotatable bonds is 4. The maximum atomic E-state index is 12.7. The monoisotopic (exact) mass is 394 g/mol. The first-order valence-electron chi connectivity index (χ1n) is 9.12. The Morgan fingerprint density at radius 1 is 0.966 bits per heavy atom. The van der Waals surface area contributed by atoms with Gasteiger partial charge in [0.25, 0.3) is 17.7 Å². The molecule has 0 saturated carbocycles. The van der Waals surface area contributed by atoms with Crippen LogP contribution in [0.4, 0.5) is 5.69 Å². The van der Waals surface area contributed by atoms with Crippen LogP contribution in [0.15, 0.2) is 42.5 Å². The molecule has 0 unspecified atom stereocenters. The molecule has 7 nitrogen and oxygen atoms in total. The molecule has 1 aliphatic heterocycles. The van der Waals surface area contributed by atoms with E-state index < -0.39 is 17.4 Å². The fourth-order valence-electron chi connectivity index (χ4n) is 3.14. The van der Waals surface area contributed by atoms with Gasteiger partial charge in [-0.1, -0.05) is 12.1 Å². The van der Waals surface area contributed by atoms with E-state index in [4.69, 9.17) is 0 Å². The molecule has 3 rings (SSSR count). The number of fused-ring (bicyclic) bond motifs is 1. The summed E-state index contributed by atoms with van der Waals surface area (Å²) in [4.78, 5) is 50.3. The fraction of sp³-hybridized carbons (Fsp3) is 0.273. The predicted molar refractivity (Wildman–Crippen MR) is 107 cm³/mol. The first kappa shape index (κ1) is 20.3. The second-order valence-corrected chi connectivity index (χ2v) is 7.78. The maximum absolute atomic E-state index is 12.7. The molecule has 0 spiro atoms. The highest BCUT2D eigenvalue weighted by atomic mass is 16.5. The van der Waals surface area contributed by atoms with Crippen LogP contribution in [0.1, 0.15) is 57.4 Å². The molecule has 150 valence electrons. The average Bonchev–Trinajstić information content (AvgIpc) is 2.93. The van der Waals surface area contributed by atoms with E-state index in [1.54, 1.807) is 45.0 Å². The molecule has 2 aromatic rings. The fourth-order valence-corrected chi connectivity index (χ4v) is 3.14. The Labute approximate surface area is 168 Å². The molecule has 0 radical (unpaired) electrons. The van der Waals surface area contributed by atoms with Crippen LogP contribution in [-0.2, 0) is 16.0 Å². The van der Waals surface area contributed by atoms with E-state index in [0.717, 1.165) is 5.56 Å². The minimum Gasteiger partial charge on any atom is -0.469 e. The molecule has 1 heterocycles. The summed E-state index contributed by atoms with van der Waals surface area (Å²) in [6.07, 6.45) is 0.149. The highest BCUT2D eigenvalue weighted by molar-refractivity contribution is 6.22. The van der Waals surface area contributed by atoms with Crippen molar-refractivity contribution in [3.05, 3.63) is 64.7 Å². The third-order valence-electron chi connectivity index (χ3n) is 4.61. The number of anilines is 1. The number of hydrogen-bond acceptors (Lipinski definition) is 5. The first-order chi connectivity index (χ1) is 13.6. The van der Waals surface area contributed by atoms with E-state index in [2.05, 4.69) is 10.1 Å². The molecule has 0 aliphatic carbocycles. The summed E-state index contributed by atoms with van der Waals surface area (Å²) < 4.78 is 4.62. The number of methoxy groups -OCH3 is 1. The summed E-state index contributed by atoms with van der Waals surface area (Å²) in [5.74, 6) is -1.50. The zero-order valence-corrected chi connectivity index (χ0v) is 16.7. The van der Waals surface area contributed by atoms with Crippen LogP contribution >= 0.6 is 0 Å². The van der Waals surface area contributed by atoms with Gasteiger partial charge in [-0.3, -0.25) is 24.1 Å². The van der Waals surface area contributed by atoms with Crippen molar-refractivity contribution < 1.29 is 23.9 Å². The van der Waals surface area contributed by atoms with Crippen molar-refractivity contribution in [2.75, 3.05) is 12.4 Å². The Kier molecular flexibility index (Phi) is 5.24. The van der Waals surface area contributed by atoms with Gasteiger partial charge < -0.3 is 10.1 Å². The second-order valence-electron chi connectivity index (χ2n) is 7.78. The molecule has 7 heteroatoms. The minimum atomic E-state index is -0.651. The molecule has 0 fully saturated rings. The molecule has 0 bridgehead atoms. The SMILES string of the molecule is COC(=O)Cc1ccc(NC(=O)c2ccc3c(c2)C(=O)N(C(C)(C)C)C3=O)cc1. The van der Waals surface area contributed by atoms with Gasteiger partial charge in [0, 0.05) is 16.8 Å². The molecule has 1 N–H and O–H groups in total.